The van der Waals surface area contributed by atoms with E-state index in [0.29, 0.717) is 17.0 Å². The van der Waals surface area contributed by atoms with Gasteiger partial charge in [-0.25, -0.2) is 18.0 Å². The number of piperidine rings is 1. The summed E-state index contributed by atoms with van der Waals surface area (Å²) in [6, 6.07) is 3.58. The molecule has 0 radical (unpaired) electrons. The minimum absolute atomic E-state index is 0.0354. The highest BCUT2D eigenvalue weighted by Crippen LogP contribution is 2.31. The van der Waals surface area contributed by atoms with E-state index in [0.717, 1.165) is 0 Å². The van der Waals surface area contributed by atoms with Crippen LogP contribution in [0.2, 0.25) is 0 Å². The molecule has 1 aromatic carbocycles. The molecule has 1 unspecified atom stereocenters. The topological polar surface area (TPSA) is 123 Å². The highest BCUT2D eigenvalue weighted by Gasteiger charge is 2.41. The first-order valence-corrected chi connectivity index (χ1v) is 11.4. The van der Waals surface area contributed by atoms with Crippen LogP contribution in [0, 0.1) is 5.82 Å². The number of fused-ring (bicyclic) bond motifs is 2. The fourth-order valence-corrected chi connectivity index (χ4v) is 4.69. The van der Waals surface area contributed by atoms with Gasteiger partial charge in [-0.05, 0) is 18.1 Å². The van der Waals surface area contributed by atoms with Gasteiger partial charge in [0.1, 0.15) is 24.2 Å². The fourth-order valence-electron chi connectivity index (χ4n) is 4.69. The standard InChI is InChI=1S/C23H22F3N5O5/c24-19-12(1-2-13-10-30(21(34)18(13)19)16-3-4-17(32)28-20(16)33)9-27-22(35)36-11-14-7-15-8-23(25,26)5-6-31(15)29-14/h1-2,7,16H,3-6,8-11H2,(H,27,35)(H,28,32,33). The van der Waals surface area contributed by atoms with Crippen LogP contribution in [0.25, 0.3) is 0 Å². The van der Waals surface area contributed by atoms with Crippen LogP contribution in [0.3, 0.4) is 0 Å². The van der Waals surface area contributed by atoms with Crippen molar-refractivity contribution in [3.63, 3.8) is 0 Å². The molecule has 5 rings (SSSR count). The number of halogens is 3. The van der Waals surface area contributed by atoms with Crippen molar-refractivity contribution in [1.29, 1.82) is 0 Å². The molecule has 0 spiro atoms. The first-order valence-electron chi connectivity index (χ1n) is 11.4. The van der Waals surface area contributed by atoms with Gasteiger partial charge in [-0.1, -0.05) is 12.1 Å². The summed E-state index contributed by atoms with van der Waals surface area (Å²) >= 11 is 0. The third kappa shape index (κ3) is 4.52. The van der Waals surface area contributed by atoms with E-state index >= 15 is 4.39 Å². The van der Waals surface area contributed by atoms with Gasteiger partial charge in [0, 0.05) is 43.7 Å². The molecule has 2 aromatic rings. The number of rotatable bonds is 5. The third-order valence-corrected chi connectivity index (χ3v) is 6.53. The zero-order valence-electron chi connectivity index (χ0n) is 19.0. The number of nitrogens with one attached hydrogen (secondary N) is 2. The number of alkyl halides is 2. The minimum atomic E-state index is -2.79. The van der Waals surface area contributed by atoms with Crippen molar-refractivity contribution in [1.82, 2.24) is 25.3 Å². The monoisotopic (exact) mass is 505 g/mol. The van der Waals surface area contributed by atoms with E-state index in [1.807, 2.05) is 0 Å². The van der Waals surface area contributed by atoms with E-state index in [1.54, 1.807) is 6.07 Å². The maximum atomic E-state index is 15.2. The van der Waals surface area contributed by atoms with Gasteiger partial charge in [-0.2, -0.15) is 5.10 Å². The Morgan fingerprint density at radius 2 is 2.08 bits per heavy atom. The Balaban J connectivity index is 1.18. The van der Waals surface area contributed by atoms with Crippen molar-refractivity contribution in [2.24, 2.45) is 0 Å². The lowest BCUT2D eigenvalue weighted by atomic mass is 10.0. The molecule has 36 heavy (non-hydrogen) atoms. The van der Waals surface area contributed by atoms with Crippen LogP contribution in [0.4, 0.5) is 18.0 Å². The average Bonchev–Trinajstić information content (AvgIpc) is 3.37. The van der Waals surface area contributed by atoms with Crippen molar-refractivity contribution in [3.05, 3.63) is 52.1 Å². The second-order valence-electron chi connectivity index (χ2n) is 9.04. The quantitative estimate of drug-likeness (QED) is 0.598. The predicted octanol–water partition coefficient (Wildman–Crippen LogP) is 1.79. The zero-order valence-corrected chi connectivity index (χ0v) is 19.0. The highest BCUT2D eigenvalue weighted by molar-refractivity contribution is 6.05. The number of aromatic nitrogens is 2. The Kier molecular flexibility index (Phi) is 5.92. The molecule has 1 aromatic heterocycles. The molecule has 13 heteroatoms. The Morgan fingerprint density at radius 3 is 2.86 bits per heavy atom. The van der Waals surface area contributed by atoms with Gasteiger partial charge in [0.25, 0.3) is 11.8 Å². The molecule has 0 saturated carbocycles. The van der Waals surface area contributed by atoms with Crippen molar-refractivity contribution in [2.75, 3.05) is 0 Å². The molecule has 2 N–H and O–H groups in total. The van der Waals surface area contributed by atoms with E-state index in [2.05, 4.69) is 15.7 Å². The molecule has 0 bridgehead atoms. The van der Waals surface area contributed by atoms with Crippen LogP contribution in [0.15, 0.2) is 18.2 Å². The van der Waals surface area contributed by atoms with E-state index in [1.165, 1.54) is 21.7 Å². The zero-order chi connectivity index (χ0) is 25.6. The largest absolute Gasteiger partial charge is 0.443 e. The van der Waals surface area contributed by atoms with Crippen LogP contribution in [0.1, 0.15) is 52.1 Å². The summed E-state index contributed by atoms with van der Waals surface area (Å²) in [5, 5.41) is 8.74. The predicted molar refractivity (Wildman–Crippen MR) is 115 cm³/mol. The minimum Gasteiger partial charge on any atom is -0.443 e. The maximum absolute atomic E-state index is 15.2. The van der Waals surface area contributed by atoms with Crippen molar-refractivity contribution < 1.29 is 37.1 Å². The van der Waals surface area contributed by atoms with Gasteiger partial charge < -0.3 is 15.0 Å². The van der Waals surface area contributed by atoms with E-state index < -0.39 is 48.0 Å². The number of aryl methyl sites for hydroxylation is 1. The van der Waals surface area contributed by atoms with Crippen molar-refractivity contribution >= 4 is 23.8 Å². The number of amides is 4. The summed E-state index contributed by atoms with van der Waals surface area (Å²) in [5.41, 5.74) is 0.960. The molecule has 4 heterocycles. The second-order valence-corrected chi connectivity index (χ2v) is 9.04. The van der Waals surface area contributed by atoms with Crippen LogP contribution >= 0.6 is 0 Å². The molecule has 1 saturated heterocycles. The SMILES string of the molecule is O=C1CCC(N2Cc3ccc(CNC(=O)OCc4cc5n(n4)CCC(F)(F)C5)c(F)c3C2=O)C(=O)N1. The summed E-state index contributed by atoms with van der Waals surface area (Å²) in [6.45, 7) is -0.404. The lowest BCUT2D eigenvalue weighted by molar-refractivity contribution is -0.136. The van der Waals surface area contributed by atoms with Gasteiger partial charge in [-0.3, -0.25) is 24.4 Å². The van der Waals surface area contributed by atoms with Gasteiger partial charge in [0.15, 0.2) is 0 Å². The molecule has 190 valence electrons. The molecule has 0 aliphatic carbocycles. The number of benzene rings is 1. The third-order valence-electron chi connectivity index (χ3n) is 6.53. The summed E-state index contributed by atoms with van der Waals surface area (Å²) < 4.78 is 48.7. The van der Waals surface area contributed by atoms with E-state index in [9.17, 15) is 28.0 Å². The number of ether oxygens (including phenoxy) is 1. The van der Waals surface area contributed by atoms with Crippen LogP contribution in [-0.4, -0.2) is 50.5 Å². The van der Waals surface area contributed by atoms with Crippen molar-refractivity contribution in [2.45, 2.75) is 63.9 Å². The summed E-state index contributed by atoms with van der Waals surface area (Å²) in [7, 11) is 0. The summed E-state index contributed by atoms with van der Waals surface area (Å²) in [5.74, 6) is -5.26. The number of hydrogen-bond donors (Lipinski definition) is 2. The Bertz CT molecular complexity index is 1280. The normalized spacial score (nSPS) is 20.6. The molecule has 3 aliphatic heterocycles. The molecule has 10 nitrogen and oxygen atoms in total. The summed E-state index contributed by atoms with van der Waals surface area (Å²) in [6.07, 6.45) is -1.35. The van der Waals surface area contributed by atoms with Crippen LogP contribution in [0.5, 0.6) is 0 Å². The number of imide groups is 1. The van der Waals surface area contributed by atoms with Gasteiger partial charge >= 0.3 is 6.09 Å². The smallest absolute Gasteiger partial charge is 0.407 e. The van der Waals surface area contributed by atoms with E-state index in [-0.39, 0.29) is 56.6 Å². The van der Waals surface area contributed by atoms with Crippen molar-refractivity contribution in [3.8, 4) is 0 Å². The fraction of sp³-hybridized carbons (Fsp3) is 0.435. The number of nitrogens with zero attached hydrogens (tertiary/aromatic N) is 3. The molecular weight excluding hydrogens is 483 g/mol. The second kappa shape index (κ2) is 8.95. The number of carbonyl (C=O) groups is 4. The molecule has 4 amide bonds. The van der Waals surface area contributed by atoms with Crippen LogP contribution in [-0.2, 0) is 47.0 Å². The Labute approximate surface area is 202 Å². The van der Waals surface area contributed by atoms with Gasteiger partial charge in [-0.15, -0.1) is 0 Å². The number of carbonyl (C=O) groups excluding carboxylic acids is 4. The van der Waals surface area contributed by atoms with Gasteiger partial charge in [0.05, 0.1) is 12.0 Å². The lowest BCUT2D eigenvalue weighted by Crippen LogP contribution is -2.52. The average molecular weight is 505 g/mol. The Hall–Kier alpha value is -3.90. The molecule has 1 fully saturated rings. The molecule has 1 atom stereocenters. The highest BCUT2D eigenvalue weighted by atomic mass is 19.3. The molecular formula is C23H22F3N5O5. The first kappa shape index (κ1) is 23.8. The van der Waals surface area contributed by atoms with E-state index in [4.69, 9.17) is 4.74 Å². The first-order chi connectivity index (χ1) is 17.1. The van der Waals surface area contributed by atoms with Crippen LogP contribution < -0.4 is 10.6 Å². The van der Waals surface area contributed by atoms with Gasteiger partial charge in [0.2, 0.25) is 11.8 Å². The Morgan fingerprint density at radius 1 is 1.28 bits per heavy atom. The summed E-state index contributed by atoms with van der Waals surface area (Å²) in [4.78, 5) is 49.7. The maximum Gasteiger partial charge on any atom is 0.407 e. The lowest BCUT2D eigenvalue weighted by Gasteiger charge is -2.29. The number of alkyl carbamates (subject to hydrolysis) is 1. The molecule has 3 aliphatic rings. The number of hydrogen-bond acceptors (Lipinski definition) is 6.